The van der Waals surface area contributed by atoms with E-state index in [-0.39, 0.29) is 11.3 Å². The summed E-state index contributed by atoms with van der Waals surface area (Å²) in [5.74, 6) is 0.441. The van der Waals surface area contributed by atoms with Crippen LogP contribution in [0.1, 0.15) is 30.6 Å². The van der Waals surface area contributed by atoms with Gasteiger partial charge in [-0.05, 0) is 54.3 Å². The van der Waals surface area contributed by atoms with Crippen molar-refractivity contribution in [1.29, 1.82) is 0 Å². The van der Waals surface area contributed by atoms with Crippen LogP contribution < -0.4 is 11.1 Å². The van der Waals surface area contributed by atoms with Gasteiger partial charge in [-0.2, -0.15) is 0 Å². The summed E-state index contributed by atoms with van der Waals surface area (Å²) in [5, 5.41) is 13.9. The molecule has 2 aromatic carbocycles. The first-order valence-electron chi connectivity index (χ1n) is 9.49. The van der Waals surface area contributed by atoms with Gasteiger partial charge in [-0.3, -0.25) is 4.79 Å². The first-order chi connectivity index (χ1) is 13.8. The Balaban J connectivity index is 2.08. The van der Waals surface area contributed by atoms with Gasteiger partial charge in [-0.1, -0.05) is 43.6 Å². The minimum atomic E-state index is -0.693. The molecule has 1 heterocycles. The third-order valence-electron chi connectivity index (χ3n) is 4.60. The van der Waals surface area contributed by atoms with Gasteiger partial charge in [0.15, 0.2) is 0 Å². The minimum Gasteiger partial charge on any atom is -0.507 e. The number of halogens is 1. The van der Waals surface area contributed by atoms with Crippen molar-refractivity contribution >= 4 is 23.3 Å². The van der Waals surface area contributed by atoms with Gasteiger partial charge in [0.2, 0.25) is 0 Å². The number of aromatic hydroxyl groups is 1. The monoisotopic (exact) mass is 409 g/mol. The van der Waals surface area contributed by atoms with Gasteiger partial charge in [0.1, 0.15) is 11.6 Å². The van der Waals surface area contributed by atoms with E-state index in [1.54, 1.807) is 12.1 Å². The maximum atomic E-state index is 11.6. The number of hydrogen-bond acceptors (Lipinski definition) is 4. The van der Waals surface area contributed by atoms with E-state index in [0.29, 0.717) is 28.0 Å². The number of pyridine rings is 1. The summed E-state index contributed by atoms with van der Waals surface area (Å²) in [7, 11) is 0. The molecule has 0 aliphatic heterocycles. The quantitative estimate of drug-likeness (QED) is 0.492. The third kappa shape index (κ3) is 5.06. The molecule has 0 saturated carbocycles. The van der Waals surface area contributed by atoms with Crippen LogP contribution in [0.5, 0.6) is 5.75 Å². The van der Waals surface area contributed by atoms with Crippen molar-refractivity contribution in [2.45, 2.75) is 20.3 Å². The van der Waals surface area contributed by atoms with E-state index in [1.807, 2.05) is 36.4 Å². The number of amides is 1. The maximum Gasteiger partial charge on any atom is 0.252 e. The zero-order chi connectivity index (χ0) is 21.0. The first-order valence-corrected chi connectivity index (χ1v) is 9.87. The highest BCUT2D eigenvalue weighted by molar-refractivity contribution is 6.33. The second kappa shape index (κ2) is 8.97. The van der Waals surface area contributed by atoms with Crippen molar-refractivity contribution in [2.24, 2.45) is 11.7 Å². The minimum absolute atomic E-state index is 0.0572. The third-order valence-corrected chi connectivity index (χ3v) is 4.93. The van der Waals surface area contributed by atoms with E-state index >= 15 is 0 Å². The summed E-state index contributed by atoms with van der Waals surface area (Å²) < 4.78 is 0. The molecule has 3 rings (SSSR count). The molecular weight excluding hydrogens is 386 g/mol. The summed E-state index contributed by atoms with van der Waals surface area (Å²) in [6, 6.07) is 16.2. The van der Waals surface area contributed by atoms with Crippen LogP contribution in [-0.2, 0) is 0 Å². The summed E-state index contributed by atoms with van der Waals surface area (Å²) in [4.78, 5) is 16.3. The number of anilines is 1. The van der Waals surface area contributed by atoms with Gasteiger partial charge in [-0.15, -0.1) is 0 Å². The number of benzene rings is 2. The van der Waals surface area contributed by atoms with Gasteiger partial charge in [-0.25, -0.2) is 4.98 Å². The second-order valence-corrected chi connectivity index (χ2v) is 7.72. The fourth-order valence-corrected chi connectivity index (χ4v) is 3.25. The molecule has 0 saturated heterocycles. The number of nitrogens with one attached hydrogen (secondary N) is 1. The highest BCUT2D eigenvalue weighted by Gasteiger charge is 2.13. The van der Waals surface area contributed by atoms with E-state index < -0.39 is 5.91 Å². The topological polar surface area (TPSA) is 88.2 Å². The van der Waals surface area contributed by atoms with Gasteiger partial charge in [0.25, 0.3) is 5.91 Å². The molecule has 0 aliphatic rings. The Morgan fingerprint density at radius 2 is 1.90 bits per heavy atom. The highest BCUT2D eigenvalue weighted by Crippen LogP contribution is 2.33. The van der Waals surface area contributed by atoms with Crippen LogP contribution in [0.4, 0.5) is 5.82 Å². The molecule has 150 valence electrons. The lowest BCUT2D eigenvalue weighted by molar-refractivity contribution is 0.0998. The number of carbonyl (C=O) groups excluding carboxylic acids is 1. The normalized spacial score (nSPS) is 10.9. The molecule has 0 radical (unpaired) electrons. The predicted octanol–water partition coefficient (Wildman–Crippen LogP) is 5.33. The average molecular weight is 410 g/mol. The Labute approximate surface area is 175 Å². The first kappa shape index (κ1) is 20.7. The zero-order valence-corrected chi connectivity index (χ0v) is 17.2. The summed E-state index contributed by atoms with van der Waals surface area (Å²) in [6.07, 6.45) is 1.01. The lowest BCUT2D eigenvalue weighted by Crippen LogP contribution is -2.11. The molecular formula is C23H24ClN3O2. The predicted molar refractivity (Wildman–Crippen MR) is 118 cm³/mol. The number of primary amides is 1. The van der Waals surface area contributed by atoms with Crippen molar-refractivity contribution in [3.63, 3.8) is 0 Å². The number of carbonyl (C=O) groups is 1. The van der Waals surface area contributed by atoms with Crippen molar-refractivity contribution < 1.29 is 9.90 Å². The SMILES string of the molecule is CC(C)CCNc1cc(-c2ccccc2Cl)cc(-c2ccc(O)c(C(N)=O)c2)n1. The second-order valence-electron chi connectivity index (χ2n) is 7.31. The number of nitrogens with two attached hydrogens (primary N) is 1. The molecule has 4 N–H and O–H groups in total. The number of aromatic nitrogens is 1. The number of rotatable bonds is 7. The molecule has 0 fully saturated rings. The largest absolute Gasteiger partial charge is 0.507 e. The van der Waals surface area contributed by atoms with Crippen LogP contribution in [-0.4, -0.2) is 22.5 Å². The molecule has 1 aromatic heterocycles. The summed E-state index contributed by atoms with van der Waals surface area (Å²) >= 11 is 6.41. The fraction of sp³-hybridized carbons (Fsp3) is 0.217. The van der Waals surface area contributed by atoms with E-state index in [4.69, 9.17) is 22.3 Å². The molecule has 3 aromatic rings. The molecule has 0 atom stereocenters. The molecule has 0 spiro atoms. The molecule has 29 heavy (non-hydrogen) atoms. The highest BCUT2D eigenvalue weighted by atomic mass is 35.5. The van der Waals surface area contributed by atoms with Gasteiger partial charge in [0, 0.05) is 22.7 Å². The molecule has 6 heteroatoms. The Hall–Kier alpha value is -3.05. The number of hydrogen-bond donors (Lipinski definition) is 3. The summed E-state index contributed by atoms with van der Waals surface area (Å²) in [6.45, 7) is 5.13. The van der Waals surface area contributed by atoms with Gasteiger partial charge < -0.3 is 16.2 Å². The van der Waals surface area contributed by atoms with Crippen LogP contribution in [0, 0.1) is 5.92 Å². The molecule has 1 amide bonds. The van der Waals surface area contributed by atoms with E-state index in [9.17, 15) is 9.90 Å². The van der Waals surface area contributed by atoms with E-state index in [2.05, 4.69) is 19.2 Å². The number of phenols is 1. The lowest BCUT2D eigenvalue weighted by Gasteiger charge is -2.13. The molecule has 0 aliphatic carbocycles. The molecule has 0 unspecified atom stereocenters. The fourth-order valence-electron chi connectivity index (χ4n) is 3.00. The van der Waals surface area contributed by atoms with Gasteiger partial charge >= 0.3 is 0 Å². The van der Waals surface area contributed by atoms with Crippen molar-refractivity contribution in [3.8, 4) is 28.1 Å². The molecule has 5 nitrogen and oxygen atoms in total. The van der Waals surface area contributed by atoms with Crippen LogP contribution in [0.25, 0.3) is 22.4 Å². The van der Waals surface area contributed by atoms with Crippen LogP contribution >= 0.6 is 11.6 Å². The van der Waals surface area contributed by atoms with E-state index in [0.717, 1.165) is 24.1 Å². The van der Waals surface area contributed by atoms with Crippen molar-refractivity contribution in [2.75, 3.05) is 11.9 Å². The van der Waals surface area contributed by atoms with Crippen molar-refractivity contribution in [1.82, 2.24) is 4.98 Å². The van der Waals surface area contributed by atoms with Gasteiger partial charge in [0.05, 0.1) is 11.3 Å². The zero-order valence-electron chi connectivity index (χ0n) is 16.4. The number of nitrogens with zero attached hydrogens (tertiary/aromatic N) is 1. The lowest BCUT2D eigenvalue weighted by atomic mass is 10.0. The average Bonchev–Trinajstić information content (AvgIpc) is 2.68. The Bertz CT molecular complexity index is 1030. The Morgan fingerprint density at radius 3 is 2.59 bits per heavy atom. The summed E-state index contributed by atoms with van der Waals surface area (Å²) in [5.41, 5.74) is 8.55. The smallest absolute Gasteiger partial charge is 0.252 e. The standard InChI is InChI=1S/C23H24ClN3O2/c1-14(2)9-10-26-22-13-16(17-5-3-4-6-19(17)24)12-20(27-22)15-7-8-21(28)18(11-15)23(25)29/h3-8,11-14,28H,9-10H2,1-2H3,(H2,25,29)(H,26,27). The van der Waals surface area contributed by atoms with Crippen LogP contribution in [0.15, 0.2) is 54.6 Å². The Kier molecular flexibility index (Phi) is 6.39. The maximum absolute atomic E-state index is 11.6. The molecule has 0 bridgehead atoms. The van der Waals surface area contributed by atoms with Crippen molar-refractivity contribution in [3.05, 3.63) is 65.2 Å². The van der Waals surface area contributed by atoms with Crippen LogP contribution in [0.2, 0.25) is 5.02 Å². The van der Waals surface area contributed by atoms with Crippen LogP contribution in [0.3, 0.4) is 0 Å². The Morgan fingerprint density at radius 1 is 1.14 bits per heavy atom. The van der Waals surface area contributed by atoms with E-state index in [1.165, 1.54) is 6.07 Å².